The summed E-state index contributed by atoms with van der Waals surface area (Å²) in [5.41, 5.74) is 5.72. The van der Waals surface area contributed by atoms with Gasteiger partial charge in [0.25, 0.3) is 0 Å². The standard InChI is InChI=1S/C13H25N3O/c1-9(10(2)14)13(17)15-7-11-5-6-16(8-11)12-3-4-12/h9-12H,3-8,14H2,1-2H3,(H,15,17). The average molecular weight is 239 g/mol. The highest BCUT2D eigenvalue weighted by Gasteiger charge is 2.34. The molecule has 4 heteroatoms. The minimum absolute atomic E-state index is 0.0680. The zero-order valence-corrected chi connectivity index (χ0v) is 11.0. The van der Waals surface area contributed by atoms with Crippen molar-refractivity contribution in [1.29, 1.82) is 0 Å². The van der Waals surface area contributed by atoms with Gasteiger partial charge in [-0.05, 0) is 38.6 Å². The number of carbonyl (C=O) groups excluding carboxylic acids is 1. The van der Waals surface area contributed by atoms with Crippen LogP contribution in [0.4, 0.5) is 0 Å². The van der Waals surface area contributed by atoms with E-state index in [2.05, 4.69) is 10.2 Å². The number of hydrogen-bond donors (Lipinski definition) is 2. The fourth-order valence-corrected chi connectivity index (χ4v) is 2.45. The van der Waals surface area contributed by atoms with Crippen LogP contribution in [0.15, 0.2) is 0 Å². The topological polar surface area (TPSA) is 58.4 Å². The lowest BCUT2D eigenvalue weighted by Gasteiger charge is -2.18. The van der Waals surface area contributed by atoms with Crippen molar-refractivity contribution in [2.45, 2.75) is 45.2 Å². The van der Waals surface area contributed by atoms with Gasteiger partial charge in [0.1, 0.15) is 0 Å². The van der Waals surface area contributed by atoms with Gasteiger partial charge >= 0.3 is 0 Å². The van der Waals surface area contributed by atoms with Gasteiger partial charge in [-0.1, -0.05) is 6.92 Å². The van der Waals surface area contributed by atoms with Gasteiger partial charge in [-0.25, -0.2) is 0 Å². The Morgan fingerprint density at radius 2 is 2.12 bits per heavy atom. The van der Waals surface area contributed by atoms with E-state index in [1.165, 1.54) is 25.8 Å². The van der Waals surface area contributed by atoms with E-state index in [9.17, 15) is 4.79 Å². The van der Waals surface area contributed by atoms with Crippen molar-refractivity contribution in [1.82, 2.24) is 10.2 Å². The second-order valence-electron chi connectivity index (χ2n) is 5.77. The van der Waals surface area contributed by atoms with Crippen molar-refractivity contribution in [2.24, 2.45) is 17.6 Å². The Hall–Kier alpha value is -0.610. The Morgan fingerprint density at radius 1 is 1.41 bits per heavy atom. The van der Waals surface area contributed by atoms with E-state index in [-0.39, 0.29) is 17.9 Å². The lowest BCUT2D eigenvalue weighted by molar-refractivity contribution is -0.125. The first-order valence-electron chi connectivity index (χ1n) is 6.85. The van der Waals surface area contributed by atoms with Gasteiger partial charge in [-0.2, -0.15) is 0 Å². The number of hydrogen-bond acceptors (Lipinski definition) is 3. The van der Waals surface area contributed by atoms with Crippen molar-refractivity contribution >= 4 is 5.91 Å². The first kappa shape index (κ1) is 12.8. The number of carbonyl (C=O) groups is 1. The quantitative estimate of drug-likeness (QED) is 0.737. The molecule has 0 aromatic heterocycles. The monoisotopic (exact) mass is 239 g/mol. The second kappa shape index (κ2) is 5.36. The third kappa shape index (κ3) is 3.42. The van der Waals surface area contributed by atoms with Crippen LogP contribution in [0.2, 0.25) is 0 Å². The molecule has 1 heterocycles. The Balaban J connectivity index is 1.66. The van der Waals surface area contributed by atoms with Gasteiger partial charge in [0.05, 0.1) is 0 Å². The SMILES string of the molecule is CC(N)C(C)C(=O)NCC1CCN(C2CC2)C1. The Morgan fingerprint density at radius 3 is 2.71 bits per heavy atom. The van der Waals surface area contributed by atoms with Crippen molar-refractivity contribution in [3.63, 3.8) is 0 Å². The van der Waals surface area contributed by atoms with Crippen LogP contribution >= 0.6 is 0 Å². The maximum atomic E-state index is 11.8. The molecule has 0 bridgehead atoms. The zero-order valence-electron chi connectivity index (χ0n) is 11.0. The molecule has 4 nitrogen and oxygen atoms in total. The molecule has 3 unspecified atom stereocenters. The van der Waals surface area contributed by atoms with Crippen LogP contribution in [0.5, 0.6) is 0 Å². The zero-order chi connectivity index (χ0) is 12.4. The normalized spacial score (nSPS) is 29.0. The molecule has 1 aliphatic heterocycles. The van der Waals surface area contributed by atoms with Gasteiger partial charge in [-0.15, -0.1) is 0 Å². The lowest BCUT2D eigenvalue weighted by Crippen LogP contribution is -2.40. The largest absolute Gasteiger partial charge is 0.355 e. The summed E-state index contributed by atoms with van der Waals surface area (Å²) in [4.78, 5) is 14.3. The van der Waals surface area contributed by atoms with Crippen molar-refractivity contribution in [3.05, 3.63) is 0 Å². The van der Waals surface area contributed by atoms with Crippen LogP contribution in [-0.2, 0) is 4.79 Å². The molecule has 2 aliphatic rings. The predicted octanol–water partition coefficient (Wildman–Crippen LogP) is 0.570. The second-order valence-corrected chi connectivity index (χ2v) is 5.77. The van der Waals surface area contributed by atoms with E-state index in [0.29, 0.717) is 5.92 Å². The smallest absolute Gasteiger partial charge is 0.224 e. The molecule has 2 fully saturated rings. The number of rotatable bonds is 5. The van der Waals surface area contributed by atoms with Crippen molar-refractivity contribution < 1.29 is 4.79 Å². The molecule has 0 spiro atoms. The molecule has 98 valence electrons. The molecule has 1 saturated heterocycles. The van der Waals surface area contributed by atoms with Crippen LogP contribution in [0.25, 0.3) is 0 Å². The highest BCUT2D eigenvalue weighted by Crippen LogP contribution is 2.31. The van der Waals surface area contributed by atoms with Gasteiger partial charge in [0, 0.05) is 31.1 Å². The van der Waals surface area contributed by atoms with E-state index >= 15 is 0 Å². The summed E-state index contributed by atoms with van der Waals surface area (Å²) in [6.45, 7) is 6.98. The van der Waals surface area contributed by atoms with Gasteiger partial charge < -0.3 is 16.0 Å². The van der Waals surface area contributed by atoms with Crippen LogP contribution in [0, 0.1) is 11.8 Å². The van der Waals surface area contributed by atoms with Crippen LogP contribution in [0.1, 0.15) is 33.1 Å². The summed E-state index contributed by atoms with van der Waals surface area (Å²) >= 11 is 0. The Kier molecular flexibility index (Phi) is 4.05. The molecule has 1 saturated carbocycles. The molecule has 1 amide bonds. The first-order valence-corrected chi connectivity index (χ1v) is 6.85. The van der Waals surface area contributed by atoms with Crippen LogP contribution in [-0.4, -0.2) is 42.5 Å². The molecule has 0 aromatic carbocycles. The molecule has 2 rings (SSSR count). The molecule has 3 N–H and O–H groups in total. The fraction of sp³-hybridized carbons (Fsp3) is 0.923. The summed E-state index contributed by atoms with van der Waals surface area (Å²) in [6, 6.07) is 0.792. The van der Waals surface area contributed by atoms with E-state index in [4.69, 9.17) is 5.73 Å². The van der Waals surface area contributed by atoms with Gasteiger partial charge in [-0.3, -0.25) is 4.79 Å². The maximum absolute atomic E-state index is 11.8. The lowest BCUT2D eigenvalue weighted by atomic mass is 10.0. The summed E-state index contributed by atoms with van der Waals surface area (Å²) in [6.07, 6.45) is 3.98. The third-order valence-corrected chi connectivity index (χ3v) is 4.15. The predicted molar refractivity (Wildman–Crippen MR) is 68.5 cm³/mol. The summed E-state index contributed by atoms with van der Waals surface area (Å²) in [7, 11) is 0. The molecular weight excluding hydrogens is 214 g/mol. The van der Waals surface area contributed by atoms with Crippen molar-refractivity contribution in [3.8, 4) is 0 Å². The summed E-state index contributed by atoms with van der Waals surface area (Å²) < 4.78 is 0. The first-order chi connectivity index (χ1) is 8.08. The number of nitrogens with one attached hydrogen (secondary N) is 1. The van der Waals surface area contributed by atoms with E-state index in [1.807, 2.05) is 13.8 Å². The Bertz CT molecular complexity index is 276. The fourth-order valence-electron chi connectivity index (χ4n) is 2.45. The Labute approximate surface area is 104 Å². The van der Waals surface area contributed by atoms with Crippen LogP contribution < -0.4 is 11.1 Å². The van der Waals surface area contributed by atoms with Gasteiger partial charge in [0.2, 0.25) is 5.91 Å². The average Bonchev–Trinajstić information content (AvgIpc) is 3.05. The molecule has 0 radical (unpaired) electrons. The molecule has 0 aromatic rings. The highest BCUT2D eigenvalue weighted by atomic mass is 16.1. The van der Waals surface area contributed by atoms with Crippen molar-refractivity contribution in [2.75, 3.05) is 19.6 Å². The van der Waals surface area contributed by atoms with E-state index < -0.39 is 0 Å². The van der Waals surface area contributed by atoms with E-state index in [0.717, 1.165) is 19.1 Å². The molecule has 17 heavy (non-hydrogen) atoms. The maximum Gasteiger partial charge on any atom is 0.224 e. The molecule has 1 aliphatic carbocycles. The molecule has 3 atom stereocenters. The molecular formula is C13H25N3O. The summed E-state index contributed by atoms with van der Waals surface area (Å²) in [5.74, 6) is 0.653. The number of nitrogens with zero attached hydrogens (tertiary/aromatic N) is 1. The number of nitrogens with two attached hydrogens (primary N) is 1. The number of amides is 1. The van der Waals surface area contributed by atoms with E-state index in [1.54, 1.807) is 0 Å². The van der Waals surface area contributed by atoms with Gasteiger partial charge in [0.15, 0.2) is 0 Å². The third-order valence-electron chi connectivity index (χ3n) is 4.15. The highest BCUT2D eigenvalue weighted by molar-refractivity contribution is 5.78. The number of likely N-dealkylation sites (tertiary alicyclic amines) is 1. The minimum Gasteiger partial charge on any atom is -0.355 e. The summed E-state index contributed by atoms with van der Waals surface area (Å²) in [5, 5.41) is 3.04. The minimum atomic E-state index is -0.0871. The van der Waals surface area contributed by atoms with Crippen LogP contribution in [0.3, 0.4) is 0 Å².